The summed E-state index contributed by atoms with van der Waals surface area (Å²) in [6.45, 7) is 6.14. The van der Waals surface area contributed by atoms with Crippen LogP contribution >= 0.6 is 23.3 Å². The summed E-state index contributed by atoms with van der Waals surface area (Å²) < 4.78 is 4.88. The Morgan fingerprint density at radius 1 is 1.34 bits per heavy atom. The smallest absolute Gasteiger partial charge is 0.352 e. The molecule has 0 unspecified atom stereocenters. The van der Waals surface area contributed by atoms with Gasteiger partial charge in [0.15, 0.2) is 5.13 Å². The number of oxime groups is 1. The summed E-state index contributed by atoms with van der Waals surface area (Å²) in [4.78, 5) is 48.3. The number of piperidine rings is 3. The number of nitrogens with one attached hydrogen (secondary N) is 1. The number of carbonyl (C=O) groups excluding carboxylic acids is 2. The van der Waals surface area contributed by atoms with Crippen LogP contribution in [-0.4, -0.2) is 97.8 Å². The third-order valence-corrected chi connectivity index (χ3v) is 9.57. The SMILES string of the molecule is CON=C(C(=O)N[C@@H]1C(=O)N2C(C(=O)O)=C(C[N+]34CCC(C)(CC3)CC4)CS[C@@H]12)c1nsc(N)n1. The molecule has 0 radical (unpaired) electrons. The molecular weight excluding hydrogens is 494 g/mol. The van der Waals surface area contributed by atoms with E-state index in [2.05, 4.69) is 26.8 Å². The van der Waals surface area contributed by atoms with Gasteiger partial charge in [-0.1, -0.05) is 12.1 Å². The van der Waals surface area contributed by atoms with E-state index in [1.807, 2.05) is 0 Å². The average molecular weight is 523 g/mol. The summed E-state index contributed by atoms with van der Waals surface area (Å²) >= 11 is 2.37. The van der Waals surface area contributed by atoms with Gasteiger partial charge < -0.3 is 25.5 Å². The number of rotatable bonds is 7. The Morgan fingerprint density at radius 2 is 2.03 bits per heavy atom. The zero-order valence-corrected chi connectivity index (χ0v) is 21.2. The second-order valence-electron chi connectivity index (χ2n) is 9.93. The van der Waals surface area contributed by atoms with Crippen molar-refractivity contribution in [2.45, 2.75) is 37.6 Å². The zero-order chi connectivity index (χ0) is 25.0. The molecule has 0 saturated carbocycles. The minimum Gasteiger partial charge on any atom is -0.477 e. The number of carboxylic acids is 1. The van der Waals surface area contributed by atoms with Crippen molar-refractivity contribution in [3.8, 4) is 0 Å². The number of anilines is 1. The van der Waals surface area contributed by atoms with Gasteiger partial charge in [0.05, 0.1) is 19.6 Å². The van der Waals surface area contributed by atoms with Gasteiger partial charge in [-0.3, -0.25) is 14.5 Å². The molecular formula is C21H28N7O5S2+. The van der Waals surface area contributed by atoms with Crippen molar-refractivity contribution >= 4 is 51.9 Å². The molecule has 1 aromatic heterocycles. The quantitative estimate of drug-likeness (QED) is 0.197. The highest BCUT2D eigenvalue weighted by atomic mass is 32.2. The minimum absolute atomic E-state index is 0.00623. The van der Waals surface area contributed by atoms with Crippen molar-refractivity contribution in [1.82, 2.24) is 19.6 Å². The van der Waals surface area contributed by atoms with E-state index in [-0.39, 0.29) is 22.4 Å². The first kappa shape index (κ1) is 24.0. The number of amides is 2. The molecule has 35 heavy (non-hydrogen) atoms. The van der Waals surface area contributed by atoms with Crippen LogP contribution in [0.3, 0.4) is 0 Å². The molecule has 4 N–H and O–H groups in total. The Bertz CT molecular complexity index is 1120. The first-order chi connectivity index (χ1) is 16.7. The van der Waals surface area contributed by atoms with E-state index in [1.165, 1.54) is 23.8 Å². The molecule has 0 aliphatic carbocycles. The van der Waals surface area contributed by atoms with E-state index in [4.69, 9.17) is 10.6 Å². The van der Waals surface area contributed by atoms with Crippen molar-refractivity contribution < 1.29 is 28.8 Å². The number of nitrogens with zero attached hydrogens (tertiary/aromatic N) is 5. The molecule has 12 nitrogen and oxygen atoms in total. The van der Waals surface area contributed by atoms with Gasteiger partial charge in [0.1, 0.15) is 30.8 Å². The molecule has 6 heterocycles. The number of quaternary nitrogens is 1. The van der Waals surface area contributed by atoms with E-state index >= 15 is 0 Å². The maximum atomic E-state index is 13.1. The first-order valence-corrected chi connectivity index (χ1v) is 13.2. The number of thioether (sulfide) groups is 1. The molecule has 1 aromatic rings. The molecule has 5 aliphatic rings. The number of hydrogen-bond acceptors (Lipinski definition) is 10. The van der Waals surface area contributed by atoms with Crippen molar-refractivity contribution in [3.63, 3.8) is 0 Å². The fourth-order valence-electron chi connectivity index (χ4n) is 5.49. The lowest BCUT2D eigenvalue weighted by atomic mass is 9.72. The predicted octanol–water partition coefficient (Wildman–Crippen LogP) is 0.230. The van der Waals surface area contributed by atoms with Gasteiger partial charge in [0, 0.05) is 42.1 Å². The summed E-state index contributed by atoms with van der Waals surface area (Å²) in [7, 11) is 1.28. The normalized spacial score (nSPS) is 32.2. The maximum Gasteiger partial charge on any atom is 0.352 e. The van der Waals surface area contributed by atoms with Crippen LogP contribution in [0.4, 0.5) is 5.13 Å². The largest absolute Gasteiger partial charge is 0.477 e. The summed E-state index contributed by atoms with van der Waals surface area (Å²) in [5.74, 6) is -1.77. The van der Waals surface area contributed by atoms with Crippen LogP contribution in [0.5, 0.6) is 0 Å². The molecule has 0 aromatic carbocycles. The van der Waals surface area contributed by atoms with Crippen molar-refractivity contribution in [1.29, 1.82) is 0 Å². The molecule has 4 fully saturated rings. The molecule has 14 heteroatoms. The van der Waals surface area contributed by atoms with E-state index in [0.717, 1.165) is 60.5 Å². The number of aliphatic carboxylic acids is 1. The number of carbonyl (C=O) groups is 3. The van der Waals surface area contributed by atoms with Gasteiger partial charge in [-0.05, 0) is 5.41 Å². The first-order valence-electron chi connectivity index (χ1n) is 11.4. The summed E-state index contributed by atoms with van der Waals surface area (Å²) in [6, 6.07) is -0.890. The van der Waals surface area contributed by atoms with Crippen LogP contribution in [-0.2, 0) is 19.2 Å². The molecule has 2 bridgehead atoms. The monoisotopic (exact) mass is 522 g/mol. The lowest BCUT2D eigenvalue weighted by Crippen LogP contribution is -2.71. The lowest BCUT2D eigenvalue weighted by Gasteiger charge is -2.55. The third-order valence-electron chi connectivity index (χ3n) is 7.68. The van der Waals surface area contributed by atoms with Crippen LogP contribution in [0.1, 0.15) is 32.0 Å². The zero-order valence-electron chi connectivity index (χ0n) is 19.5. The Balaban J connectivity index is 1.33. The highest BCUT2D eigenvalue weighted by molar-refractivity contribution is 8.00. The fraction of sp³-hybridized carbons (Fsp3) is 0.619. The maximum absolute atomic E-state index is 13.1. The van der Waals surface area contributed by atoms with Gasteiger partial charge in [-0.2, -0.15) is 9.36 Å². The molecule has 5 aliphatic heterocycles. The predicted molar refractivity (Wildman–Crippen MR) is 129 cm³/mol. The average Bonchev–Trinajstić information content (AvgIpc) is 3.27. The molecule has 4 saturated heterocycles. The van der Waals surface area contributed by atoms with Crippen LogP contribution in [0.15, 0.2) is 16.4 Å². The van der Waals surface area contributed by atoms with Gasteiger partial charge >= 0.3 is 5.97 Å². The number of nitrogens with two attached hydrogens (primary N) is 1. The van der Waals surface area contributed by atoms with E-state index < -0.39 is 29.2 Å². The Morgan fingerprint density at radius 3 is 2.60 bits per heavy atom. The Hall–Kier alpha value is -2.71. The number of aromatic nitrogens is 2. The van der Waals surface area contributed by atoms with Crippen molar-refractivity contribution in [2.24, 2.45) is 10.6 Å². The lowest BCUT2D eigenvalue weighted by molar-refractivity contribution is -0.941. The number of fused-ring (bicyclic) bond motifs is 4. The number of nitrogen functional groups attached to an aromatic ring is 1. The Labute approximate surface area is 210 Å². The minimum atomic E-state index is -1.11. The molecule has 188 valence electrons. The second kappa shape index (κ2) is 8.75. The van der Waals surface area contributed by atoms with E-state index in [9.17, 15) is 19.5 Å². The number of carboxylic acid groups (broad SMARTS) is 1. The van der Waals surface area contributed by atoms with E-state index in [0.29, 0.717) is 17.7 Å². The van der Waals surface area contributed by atoms with Gasteiger partial charge in [0.25, 0.3) is 11.8 Å². The van der Waals surface area contributed by atoms with Crippen LogP contribution < -0.4 is 11.1 Å². The molecule has 6 rings (SSSR count). The van der Waals surface area contributed by atoms with Gasteiger partial charge in [-0.15, -0.1) is 11.8 Å². The number of β-lactam (4-membered cyclic amide) rings is 1. The van der Waals surface area contributed by atoms with Crippen molar-refractivity contribution in [2.75, 3.05) is 44.8 Å². The topological polar surface area (TPSA) is 160 Å². The molecule has 2 amide bonds. The standard InChI is InChI=1S/C21H27N7O5S2/c1-21-3-6-28(7-4-21,8-5-21)9-11-10-34-18-13(17(30)27(18)14(11)19(31)32)23-16(29)12(25-33-2)15-24-20(22)35-26-15/h13,18H,3-10H2,1-2H3,(H3-,22,23,24,26,29,31,32)/p+1/t13-,18+,21?,28?/m1/s1. The Kier molecular flexibility index (Phi) is 6.00. The highest BCUT2D eigenvalue weighted by Gasteiger charge is 2.56. The summed E-state index contributed by atoms with van der Waals surface area (Å²) in [5, 5.41) is 16.0. The summed E-state index contributed by atoms with van der Waals surface area (Å²) in [5.41, 5.74) is 6.68. The second-order valence-corrected chi connectivity index (χ2v) is 11.8. The third kappa shape index (κ3) is 4.16. The van der Waals surface area contributed by atoms with Crippen LogP contribution in [0, 0.1) is 5.41 Å². The van der Waals surface area contributed by atoms with Crippen LogP contribution in [0.2, 0.25) is 0 Å². The molecule has 0 spiro atoms. The van der Waals surface area contributed by atoms with Gasteiger partial charge in [0.2, 0.25) is 11.5 Å². The van der Waals surface area contributed by atoms with Gasteiger partial charge in [-0.25, -0.2) is 4.79 Å². The van der Waals surface area contributed by atoms with E-state index in [1.54, 1.807) is 0 Å². The fourth-order valence-corrected chi connectivity index (χ4v) is 7.26. The number of hydrogen-bond donors (Lipinski definition) is 3. The van der Waals surface area contributed by atoms with Crippen LogP contribution in [0.25, 0.3) is 0 Å². The summed E-state index contributed by atoms with van der Waals surface area (Å²) in [6.07, 6.45) is 3.46. The molecule has 2 atom stereocenters. The highest BCUT2D eigenvalue weighted by Crippen LogP contribution is 2.46. The van der Waals surface area contributed by atoms with Crippen molar-refractivity contribution in [3.05, 3.63) is 17.1 Å².